The van der Waals surface area contributed by atoms with Crippen LogP contribution in [-0.2, 0) is 24.2 Å². The molecule has 2 saturated heterocycles. The number of pyridine rings is 1. The second kappa shape index (κ2) is 10.3. The molecule has 0 spiro atoms. The van der Waals surface area contributed by atoms with E-state index in [1.807, 2.05) is 36.7 Å². The van der Waals surface area contributed by atoms with Crippen molar-refractivity contribution < 1.29 is 13.9 Å². The number of likely N-dealkylation sites (tertiary alicyclic amines) is 1. The minimum absolute atomic E-state index is 0.105. The maximum Gasteiger partial charge on any atom is 0.213 e. The highest BCUT2D eigenvalue weighted by atomic mass is 19.1. The van der Waals surface area contributed by atoms with Crippen molar-refractivity contribution in [3.63, 3.8) is 0 Å². The Hall–Kier alpha value is -3.28. The molecule has 3 aromatic rings. The Morgan fingerprint density at radius 1 is 1.18 bits per heavy atom. The molecule has 2 aliphatic heterocycles. The molecule has 4 heterocycles. The summed E-state index contributed by atoms with van der Waals surface area (Å²) >= 11 is 0. The minimum Gasteiger partial charge on any atom is -0.474 e. The summed E-state index contributed by atoms with van der Waals surface area (Å²) in [7, 11) is 0. The SMILES string of the molecule is N#Cc1ccc(Cc2cccc(OC3CCN(Cc4nccn4C[C@@H]4CCO4)CC3)n2)c(F)c1. The van der Waals surface area contributed by atoms with Gasteiger partial charge in [0.05, 0.1) is 30.8 Å². The average Bonchev–Trinajstić information content (AvgIpc) is 3.26. The molecule has 0 saturated carbocycles. The van der Waals surface area contributed by atoms with E-state index in [1.54, 1.807) is 12.1 Å². The van der Waals surface area contributed by atoms with Crippen molar-refractivity contribution in [1.82, 2.24) is 19.4 Å². The monoisotopic (exact) mass is 461 g/mol. The van der Waals surface area contributed by atoms with Gasteiger partial charge in [0, 0.05) is 50.3 Å². The second-order valence-electron chi connectivity index (χ2n) is 8.93. The van der Waals surface area contributed by atoms with E-state index in [9.17, 15) is 4.39 Å². The lowest BCUT2D eigenvalue weighted by Gasteiger charge is -2.32. The average molecular weight is 462 g/mol. The lowest BCUT2D eigenvalue weighted by Crippen LogP contribution is -2.39. The van der Waals surface area contributed by atoms with Crippen molar-refractivity contribution in [2.45, 2.75) is 51.0 Å². The third-order valence-corrected chi connectivity index (χ3v) is 6.52. The minimum atomic E-state index is -0.389. The number of nitrogens with zero attached hydrogens (tertiary/aromatic N) is 5. The number of piperidine rings is 1. The molecule has 0 aliphatic carbocycles. The van der Waals surface area contributed by atoms with Gasteiger partial charge < -0.3 is 14.0 Å². The predicted molar refractivity (Wildman–Crippen MR) is 124 cm³/mol. The zero-order valence-corrected chi connectivity index (χ0v) is 19.1. The molecule has 0 amide bonds. The summed E-state index contributed by atoms with van der Waals surface area (Å²) in [5, 5.41) is 8.91. The molecule has 0 N–H and O–H groups in total. The molecule has 2 aromatic heterocycles. The molecule has 5 rings (SSSR count). The summed E-state index contributed by atoms with van der Waals surface area (Å²) in [6, 6.07) is 12.1. The third-order valence-electron chi connectivity index (χ3n) is 6.52. The number of ether oxygens (including phenoxy) is 2. The topological polar surface area (TPSA) is 76.2 Å². The van der Waals surface area contributed by atoms with Crippen molar-refractivity contribution in [3.05, 3.63) is 77.3 Å². The van der Waals surface area contributed by atoms with Gasteiger partial charge in [-0.1, -0.05) is 12.1 Å². The molecule has 34 heavy (non-hydrogen) atoms. The Morgan fingerprint density at radius 2 is 2.03 bits per heavy atom. The van der Waals surface area contributed by atoms with Gasteiger partial charge in [-0.3, -0.25) is 4.90 Å². The molecule has 1 aromatic carbocycles. The van der Waals surface area contributed by atoms with E-state index in [-0.39, 0.29) is 11.9 Å². The first-order chi connectivity index (χ1) is 16.7. The molecule has 2 fully saturated rings. The van der Waals surface area contributed by atoms with Crippen LogP contribution < -0.4 is 4.74 Å². The van der Waals surface area contributed by atoms with Gasteiger partial charge in [0.1, 0.15) is 17.7 Å². The van der Waals surface area contributed by atoms with Crippen LogP contribution in [0.2, 0.25) is 0 Å². The van der Waals surface area contributed by atoms with Gasteiger partial charge in [0.2, 0.25) is 5.88 Å². The highest BCUT2D eigenvalue weighted by Crippen LogP contribution is 2.21. The van der Waals surface area contributed by atoms with Crippen LogP contribution in [0.4, 0.5) is 4.39 Å². The Balaban J connectivity index is 1.13. The smallest absolute Gasteiger partial charge is 0.213 e. The van der Waals surface area contributed by atoms with E-state index in [4.69, 9.17) is 14.7 Å². The summed E-state index contributed by atoms with van der Waals surface area (Å²) in [5.74, 6) is 1.26. The van der Waals surface area contributed by atoms with Gasteiger partial charge in [-0.15, -0.1) is 0 Å². The fourth-order valence-corrected chi connectivity index (χ4v) is 4.44. The molecule has 7 nitrogen and oxygen atoms in total. The zero-order valence-electron chi connectivity index (χ0n) is 19.1. The summed E-state index contributed by atoms with van der Waals surface area (Å²) in [6.45, 7) is 4.45. The quantitative estimate of drug-likeness (QED) is 0.509. The van der Waals surface area contributed by atoms with Crippen molar-refractivity contribution >= 4 is 0 Å². The van der Waals surface area contributed by atoms with E-state index in [1.165, 1.54) is 6.07 Å². The number of benzene rings is 1. The van der Waals surface area contributed by atoms with E-state index in [0.29, 0.717) is 29.5 Å². The molecule has 0 bridgehead atoms. The van der Waals surface area contributed by atoms with Crippen LogP contribution in [0, 0.1) is 17.1 Å². The Morgan fingerprint density at radius 3 is 2.76 bits per heavy atom. The van der Waals surface area contributed by atoms with Crippen molar-refractivity contribution in [3.8, 4) is 11.9 Å². The van der Waals surface area contributed by atoms with Crippen LogP contribution in [0.5, 0.6) is 5.88 Å². The van der Waals surface area contributed by atoms with Crippen molar-refractivity contribution in [2.24, 2.45) is 0 Å². The number of nitriles is 1. The van der Waals surface area contributed by atoms with E-state index in [2.05, 4.69) is 19.4 Å². The maximum absolute atomic E-state index is 14.2. The van der Waals surface area contributed by atoms with Gasteiger partial charge in [-0.25, -0.2) is 14.4 Å². The lowest BCUT2D eigenvalue weighted by atomic mass is 10.1. The van der Waals surface area contributed by atoms with Crippen LogP contribution >= 0.6 is 0 Å². The van der Waals surface area contributed by atoms with Crippen LogP contribution in [0.3, 0.4) is 0 Å². The van der Waals surface area contributed by atoms with Gasteiger partial charge in [0.15, 0.2) is 0 Å². The van der Waals surface area contributed by atoms with Gasteiger partial charge in [-0.2, -0.15) is 5.26 Å². The fourth-order valence-electron chi connectivity index (χ4n) is 4.44. The zero-order chi connectivity index (χ0) is 23.3. The Labute approximate surface area is 198 Å². The highest BCUT2D eigenvalue weighted by Gasteiger charge is 2.24. The van der Waals surface area contributed by atoms with E-state index < -0.39 is 0 Å². The van der Waals surface area contributed by atoms with Gasteiger partial charge >= 0.3 is 0 Å². The number of hydrogen-bond donors (Lipinski definition) is 0. The lowest BCUT2D eigenvalue weighted by molar-refractivity contribution is -0.0598. The largest absolute Gasteiger partial charge is 0.474 e. The first-order valence-electron chi connectivity index (χ1n) is 11.8. The third kappa shape index (κ3) is 5.44. The van der Waals surface area contributed by atoms with Crippen LogP contribution in [0.25, 0.3) is 0 Å². The summed E-state index contributed by atoms with van der Waals surface area (Å²) in [6.07, 6.45) is 7.65. The normalized spacial score (nSPS) is 18.9. The van der Waals surface area contributed by atoms with Crippen molar-refractivity contribution in [1.29, 1.82) is 5.26 Å². The Kier molecular flexibility index (Phi) is 6.84. The van der Waals surface area contributed by atoms with Gasteiger partial charge in [0.25, 0.3) is 0 Å². The summed E-state index contributed by atoms with van der Waals surface area (Å²) < 4.78 is 28.2. The first-order valence-corrected chi connectivity index (χ1v) is 11.8. The number of halogens is 1. The Bertz CT molecular complexity index is 1160. The van der Waals surface area contributed by atoms with Gasteiger partial charge in [-0.05, 0) is 43.0 Å². The highest BCUT2D eigenvalue weighted by molar-refractivity contribution is 5.34. The van der Waals surface area contributed by atoms with Crippen LogP contribution in [0.15, 0.2) is 48.8 Å². The first kappa shape index (κ1) is 22.5. The molecule has 176 valence electrons. The molecule has 8 heteroatoms. The number of hydrogen-bond acceptors (Lipinski definition) is 6. The summed E-state index contributed by atoms with van der Waals surface area (Å²) in [5.41, 5.74) is 1.56. The van der Waals surface area contributed by atoms with Crippen LogP contribution in [0.1, 0.15) is 41.9 Å². The van der Waals surface area contributed by atoms with E-state index >= 15 is 0 Å². The fraction of sp³-hybridized carbons (Fsp3) is 0.423. The van der Waals surface area contributed by atoms with Crippen molar-refractivity contribution in [2.75, 3.05) is 19.7 Å². The molecule has 1 atom stereocenters. The molecule has 0 radical (unpaired) electrons. The molecule has 0 unspecified atom stereocenters. The molecular formula is C26H28FN5O2. The standard InChI is InChI=1S/C26H28FN5O2/c27-24-14-19(16-28)4-5-20(24)15-21-2-1-3-26(30-21)34-22-6-10-31(11-7-22)18-25-29-9-12-32(25)17-23-8-13-33-23/h1-5,9,12,14,22-23H,6-8,10-11,13,15,17-18H2/t23-/m0/s1. The van der Waals surface area contributed by atoms with Crippen LogP contribution in [-0.4, -0.2) is 51.3 Å². The molecular weight excluding hydrogens is 433 g/mol. The van der Waals surface area contributed by atoms with E-state index in [0.717, 1.165) is 63.6 Å². The number of rotatable bonds is 8. The summed E-state index contributed by atoms with van der Waals surface area (Å²) in [4.78, 5) is 11.6. The predicted octanol–water partition coefficient (Wildman–Crippen LogP) is 3.71. The second-order valence-corrected chi connectivity index (χ2v) is 8.93. The maximum atomic E-state index is 14.2. The number of imidazole rings is 1. The molecule has 2 aliphatic rings. The number of aromatic nitrogens is 3.